The fraction of sp³-hybridized carbons (Fsp3) is 0.364. The van der Waals surface area contributed by atoms with Crippen LogP contribution in [-0.2, 0) is 11.3 Å². The second-order valence-electron chi connectivity index (χ2n) is 3.36. The summed E-state index contributed by atoms with van der Waals surface area (Å²) in [6.07, 6.45) is 0.938. The van der Waals surface area contributed by atoms with E-state index in [0.717, 1.165) is 30.7 Å². The summed E-state index contributed by atoms with van der Waals surface area (Å²) in [6.45, 7) is 2.75. The molecular weight excluding hydrogens is 178 g/mol. The first-order valence-corrected chi connectivity index (χ1v) is 4.77. The first-order valence-electron chi connectivity index (χ1n) is 4.77. The smallest absolute Gasteiger partial charge is 0.133 e. The molecule has 1 aromatic carbocycles. The molecule has 0 N–H and O–H groups in total. The average molecular weight is 191 g/mol. The van der Waals surface area contributed by atoms with Gasteiger partial charge in [-0.1, -0.05) is 18.2 Å². The van der Waals surface area contributed by atoms with Crippen molar-refractivity contribution in [1.29, 1.82) is 0 Å². The molecule has 1 heterocycles. The zero-order valence-electron chi connectivity index (χ0n) is 7.98. The van der Waals surface area contributed by atoms with Gasteiger partial charge >= 0.3 is 0 Å². The lowest BCUT2D eigenvalue weighted by molar-refractivity contribution is -0.109. The zero-order chi connectivity index (χ0) is 9.80. The molecule has 0 aliphatic carbocycles. The van der Waals surface area contributed by atoms with Gasteiger partial charge in [0.25, 0.3) is 0 Å². The average Bonchev–Trinajstić information content (AvgIpc) is 2.40. The molecule has 0 saturated carbocycles. The predicted molar refractivity (Wildman–Crippen MR) is 53.3 cm³/mol. The van der Waals surface area contributed by atoms with Crippen molar-refractivity contribution < 1.29 is 9.53 Å². The summed E-state index contributed by atoms with van der Waals surface area (Å²) in [5, 5.41) is 0. The molecule has 0 spiro atoms. The maximum absolute atomic E-state index is 10.4. The van der Waals surface area contributed by atoms with Gasteiger partial charge in [0.15, 0.2) is 0 Å². The fourth-order valence-corrected chi connectivity index (χ4v) is 1.64. The van der Waals surface area contributed by atoms with Gasteiger partial charge in [-0.2, -0.15) is 0 Å². The molecule has 0 fully saturated rings. The maximum Gasteiger partial charge on any atom is 0.133 e. The van der Waals surface area contributed by atoms with Crippen LogP contribution in [0, 0.1) is 0 Å². The van der Waals surface area contributed by atoms with E-state index in [2.05, 4.69) is 4.90 Å². The number of rotatable bonds is 2. The van der Waals surface area contributed by atoms with Crippen molar-refractivity contribution in [3.05, 3.63) is 29.8 Å². The number of fused-ring (bicyclic) bond motifs is 1. The zero-order valence-corrected chi connectivity index (χ0v) is 7.98. The van der Waals surface area contributed by atoms with E-state index in [1.807, 2.05) is 24.3 Å². The van der Waals surface area contributed by atoms with Crippen molar-refractivity contribution in [1.82, 2.24) is 4.90 Å². The number of para-hydroxylation sites is 1. The standard InChI is InChI=1S/C11H13NO2/c13-7-5-12-6-8-14-11-4-2-1-3-10(11)9-12/h1-4,7H,5-6,8-9H2. The lowest BCUT2D eigenvalue weighted by Crippen LogP contribution is -2.27. The molecule has 3 heteroatoms. The number of benzene rings is 1. The minimum Gasteiger partial charge on any atom is -0.492 e. The highest BCUT2D eigenvalue weighted by Gasteiger charge is 2.13. The van der Waals surface area contributed by atoms with Crippen LogP contribution in [0.1, 0.15) is 5.56 Å². The summed E-state index contributed by atoms with van der Waals surface area (Å²) in [4.78, 5) is 12.5. The first kappa shape index (κ1) is 9.21. The Kier molecular flexibility index (Phi) is 2.79. The molecule has 0 atom stereocenters. The Morgan fingerprint density at radius 3 is 3.14 bits per heavy atom. The number of nitrogens with zero attached hydrogens (tertiary/aromatic N) is 1. The molecule has 1 aliphatic heterocycles. The molecular formula is C11H13NO2. The number of hydrogen-bond donors (Lipinski definition) is 0. The van der Waals surface area contributed by atoms with Crippen molar-refractivity contribution in [3.8, 4) is 5.75 Å². The lowest BCUT2D eigenvalue weighted by atomic mass is 10.2. The summed E-state index contributed by atoms with van der Waals surface area (Å²) in [5.41, 5.74) is 1.16. The second-order valence-corrected chi connectivity index (χ2v) is 3.36. The minimum atomic E-state index is 0.484. The third-order valence-corrected chi connectivity index (χ3v) is 2.36. The molecule has 0 radical (unpaired) electrons. The minimum absolute atomic E-state index is 0.484. The van der Waals surface area contributed by atoms with Gasteiger partial charge in [0, 0.05) is 18.7 Å². The second kappa shape index (κ2) is 4.24. The Hall–Kier alpha value is -1.35. The molecule has 14 heavy (non-hydrogen) atoms. The van der Waals surface area contributed by atoms with Gasteiger partial charge in [0.2, 0.25) is 0 Å². The van der Waals surface area contributed by atoms with E-state index >= 15 is 0 Å². The van der Waals surface area contributed by atoms with Crippen LogP contribution < -0.4 is 4.74 Å². The SMILES string of the molecule is O=CCN1CCOc2ccccc2C1. The van der Waals surface area contributed by atoms with Crippen molar-refractivity contribution >= 4 is 6.29 Å². The fourth-order valence-electron chi connectivity index (χ4n) is 1.64. The Labute approximate surface area is 83.3 Å². The summed E-state index contributed by atoms with van der Waals surface area (Å²) >= 11 is 0. The van der Waals surface area contributed by atoms with Gasteiger partial charge in [-0.05, 0) is 6.07 Å². The Balaban J connectivity index is 2.17. The largest absolute Gasteiger partial charge is 0.492 e. The highest BCUT2D eigenvalue weighted by molar-refractivity contribution is 5.52. The highest BCUT2D eigenvalue weighted by Crippen LogP contribution is 2.21. The van der Waals surface area contributed by atoms with Crippen LogP contribution in [0.2, 0.25) is 0 Å². The quantitative estimate of drug-likeness (QED) is 0.655. The lowest BCUT2D eigenvalue weighted by Gasteiger charge is -2.14. The van der Waals surface area contributed by atoms with Gasteiger partial charge in [0.1, 0.15) is 18.6 Å². The van der Waals surface area contributed by atoms with Crippen molar-refractivity contribution in [3.63, 3.8) is 0 Å². The molecule has 0 saturated heterocycles. The molecule has 2 rings (SSSR count). The summed E-state index contributed by atoms with van der Waals surface area (Å²) in [6, 6.07) is 7.97. The number of carbonyl (C=O) groups excluding carboxylic acids is 1. The van der Waals surface area contributed by atoms with E-state index in [9.17, 15) is 4.79 Å². The summed E-state index contributed by atoms with van der Waals surface area (Å²) < 4.78 is 5.57. The third kappa shape index (κ3) is 1.93. The molecule has 3 nitrogen and oxygen atoms in total. The van der Waals surface area contributed by atoms with Crippen molar-refractivity contribution in [2.45, 2.75) is 6.54 Å². The van der Waals surface area contributed by atoms with Crippen LogP contribution in [0.4, 0.5) is 0 Å². The van der Waals surface area contributed by atoms with Gasteiger partial charge in [0.05, 0.1) is 6.54 Å². The molecule has 0 unspecified atom stereocenters. The molecule has 0 aromatic heterocycles. The Morgan fingerprint density at radius 1 is 1.43 bits per heavy atom. The molecule has 1 aliphatic rings. The topological polar surface area (TPSA) is 29.5 Å². The van der Waals surface area contributed by atoms with Crippen LogP contribution >= 0.6 is 0 Å². The molecule has 0 bridgehead atoms. The Morgan fingerprint density at radius 2 is 2.29 bits per heavy atom. The summed E-state index contributed by atoms with van der Waals surface area (Å²) in [5.74, 6) is 0.945. The van der Waals surface area contributed by atoms with Crippen molar-refractivity contribution in [2.24, 2.45) is 0 Å². The van der Waals surface area contributed by atoms with Crippen LogP contribution in [-0.4, -0.2) is 30.9 Å². The van der Waals surface area contributed by atoms with E-state index < -0.39 is 0 Å². The van der Waals surface area contributed by atoms with E-state index in [0.29, 0.717) is 13.2 Å². The first-order chi connectivity index (χ1) is 6.90. The van der Waals surface area contributed by atoms with Gasteiger partial charge in [-0.25, -0.2) is 0 Å². The van der Waals surface area contributed by atoms with Crippen LogP contribution in [0.5, 0.6) is 5.75 Å². The van der Waals surface area contributed by atoms with Crippen LogP contribution in [0.15, 0.2) is 24.3 Å². The van der Waals surface area contributed by atoms with E-state index in [1.54, 1.807) is 0 Å². The van der Waals surface area contributed by atoms with E-state index in [4.69, 9.17) is 4.74 Å². The molecule has 74 valence electrons. The number of aldehydes is 1. The predicted octanol–water partition coefficient (Wildman–Crippen LogP) is 1.08. The number of hydrogen-bond acceptors (Lipinski definition) is 3. The van der Waals surface area contributed by atoms with Crippen molar-refractivity contribution in [2.75, 3.05) is 19.7 Å². The third-order valence-electron chi connectivity index (χ3n) is 2.36. The van der Waals surface area contributed by atoms with Gasteiger partial charge in [-0.15, -0.1) is 0 Å². The molecule has 1 aromatic rings. The van der Waals surface area contributed by atoms with Gasteiger partial charge < -0.3 is 9.53 Å². The number of carbonyl (C=O) groups is 1. The highest BCUT2D eigenvalue weighted by atomic mass is 16.5. The number of ether oxygens (including phenoxy) is 1. The monoisotopic (exact) mass is 191 g/mol. The van der Waals surface area contributed by atoms with E-state index in [1.165, 1.54) is 0 Å². The Bertz CT molecular complexity index is 325. The maximum atomic E-state index is 10.4. The molecule has 0 amide bonds. The normalized spacial score (nSPS) is 16.6. The van der Waals surface area contributed by atoms with Crippen LogP contribution in [0.3, 0.4) is 0 Å². The van der Waals surface area contributed by atoms with Gasteiger partial charge in [-0.3, -0.25) is 4.90 Å². The van der Waals surface area contributed by atoms with E-state index in [-0.39, 0.29) is 0 Å². The summed E-state index contributed by atoms with van der Waals surface area (Å²) in [7, 11) is 0. The van der Waals surface area contributed by atoms with Crippen LogP contribution in [0.25, 0.3) is 0 Å².